The number of anilines is 2. The highest BCUT2D eigenvalue weighted by atomic mass is 32.2. The Morgan fingerprint density at radius 1 is 1.03 bits per heavy atom. The first-order valence-corrected chi connectivity index (χ1v) is 12.6. The van der Waals surface area contributed by atoms with Crippen LogP contribution in [0.15, 0.2) is 77.8 Å². The number of methoxy groups -OCH3 is 1. The SMILES string of the molecule is COc1ccccc1Nc1ncccc1C(=O)NCC1CCN(S(=O)(=O)c2ccccc2)CC1. The predicted octanol–water partition coefficient (Wildman–Crippen LogP) is 3.66. The molecule has 1 aliphatic rings. The van der Waals surface area contributed by atoms with Gasteiger partial charge in [-0.15, -0.1) is 0 Å². The van der Waals surface area contributed by atoms with Crippen LogP contribution in [0.3, 0.4) is 0 Å². The third-order valence-electron chi connectivity index (χ3n) is 5.92. The lowest BCUT2D eigenvalue weighted by molar-refractivity contribution is 0.0942. The highest BCUT2D eigenvalue weighted by Gasteiger charge is 2.29. The van der Waals surface area contributed by atoms with Gasteiger partial charge in [-0.2, -0.15) is 4.31 Å². The number of carbonyl (C=O) groups excluding carboxylic acids is 1. The Labute approximate surface area is 200 Å². The molecule has 1 amide bonds. The van der Waals surface area contributed by atoms with Crippen molar-refractivity contribution in [3.8, 4) is 5.75 Å². The highest BCUT2D eigenvalue weighted by Crippen LogP contribution is 2.28. The number of para-hydroxylation sites is 2. The van der Waals surface area contributed by atoms with Gasteiger partial charge in [-0.05, 0) is 55.2 Å². The van der Waals surface area contributed by atoms with Crippen LogP contribution in [0.4, 0.5) is 11.5 Å². The lowest BCUT2D eigenvalue weighted by atomic mass is 9.98. The highest BCUT2D eigenvalue weighted by molar-refractivity contribution is 7.89. The molecule has 8 nitrogen and oxygen atoms in total. The zero-order valence-corrected chi connectivity index (χ0v) is 19.8. The van der Waals surface area contributed by atoms with Crippen LogP contribution < -0.4 is 15.4 Å². The minimum atomic E-state index is -3.48. The number of sulfonamides is 1. The molecule has 0 radical (unpaired) electrons. The summed E-state index contributed by atoms with van der Waals surface area (Å²) in [7, 11) is -1.90. The third-order valence-corrected chi connectivity index (χ3v) is 7.83. The summed E-state index contributed by atoms with van der Waals surface area (Å²) in [6, 6.07) is 19.3. The number of amides is 1. The van der Waals surface area contributed by atoms with Gasteiger partial charge in [0.05, 0.1) is 23.3 Å². The Bertz CT molecular complexity index is 1230. The Morgan fingerprint density at radius 2 is 1.74 bits per heavy atom. The molecule has 0 aliphatic carbocycles. The van der Waals surface area contributed by atoms with Gasteiger partial charge in [-0.3, -0.25) is 4.79 Å². The van der Waals surface area contributed by atoms with Gasteiger partial charge in [0.25, 0.3) is 5.91 Å². The van der Waals surface area contributed by atoms with Crippen LogP contribution in [0.1, 0.15) is 23.2 Å². The zero-order valence-electron chi connectivity index (χ0n) is 19.0. The Morgan fingerprint density at radius 3 is 2.47 bits per heavy atom. The molecule has 2 aromatic carbocycles. The lowest BCUT2D eigenvalue weighted by Gasteiger charge is -2.31. The van der Waals surface area contributed by atoms with Crippen LogP contribution in [0.5, 0.6) is 5.75 Å². The van der Waals surface area contributed by atoms with Crippen molar-refractivity contribution in [3.63, 3.8) is 0 Å². The summed E-state index contributed by atoms with van der Waals surface area (Å²) in [5, 5.41) is 6.17. The summed E-state index contributed by atoms with van der Waals surface area (Å²) in [4.78, 5) is 17.6. The van der Waals surface area contributed by atoms with Crippen molar-refractivity contribution in [2.75, 3.05) is 32.1 Å². The van der Waals surface area contributed by atoms with E-state index in [1.165, 1.54) is 4.31 Å². The normalized spacial score (nSPS) is 15.0. The van der Waals surface area contributed by atoms with Crippen molar-refractivity contribution >= 4 is 27.4 Å². The fourth-order valence-corrected chi connectivity index (χ4v) is 5.48. The van der Waals surface area contributed by atoms with Gasteiger partial charge >= 0.3 is 0 Å². The first-order chi connectivity index (χ1) is 16.5. The summed E-state index contributed by atoms with van der Waals surface area (Å²) in [6.45, 7) is 1.34. The minimum absolute atomic E-state index is 0.202. The molecule has 3 aromatic rings. The average molecular weight is 481 g/mol. The number of nitrogens with zero attached hydrogens (tertiary/aromatic N) is 2. The molecule has 0 saturated carbocycles. The van der Waals surface area contributed by atoms with Crippen LogP contribution in [-0.2, 0) is 10.0 Å². The Balaban J connectivity index is 1.35. The van der Waals surface area contributed by atoms with E-state index in [0.717, 1.165) is 0 Å². The molecule has 4 rings (SSSR count). The molecule has 2 heterocycles. The van der Waals surface area contributed by atoms with Gasteiger partial charge in [-0.25, -0.2) is 13.4 Å². The third kappa shape index (κ3) is 5.37. The number of hydrogen-bond acceptors (Lipinski definition) is 6. The zero-order chi connectivity index (χ0) is 24.0. The van der Waals surface area contributed by atoms with Crippen molar-refractivity contribution in [1.29, 1.82) is 0 Å². The number of aromatic nitrogens is 1. The molecule has 1 fully saturated rings. The molecule has 9 heteroatoms. The monoisotopic (exact) mass is 480 g/mol. The van der Waals surface area contributed by atoms with Crippen LogP contribution in [0, 0.1) is 5.92 Å². The van der Waals surface area contributed by atoms with E-state index in [9.17, 15) is 13.2 Å². The number of ether oxygens (including phenoxy) is 1. The number of benzene rings is 2. The van der Waals surface area contributed by atoms with Gasteiger partial charge in [-0.1, -0.05) is 30.3 Å². The van der Waals surface area contributed by atoms with Gasteiger partial charge < -0.3 is 15.4 Å². The second-order valence-corrected chi connectivity index (χ2v) is 10.0. The number of carbonyl (C=O) groups is 1. The summed E-state index contributed by atoms with van der Waals surface area (Å²) < 4.78 is 32.5. The summed E-state index contributed by atoms with van der Waals surface area (Å²) in [5.41, 5.74) is 1.14. The molecule has 0 atom stereocenters. The van der Waals surface area contributed by atoms with Crippen molar-refractivity contribution in [2.45, 2.75) is 17.7 Å². The molecule has 0 unspecified atom stereocenters. The van der Waals surface area contributed by atoms with E-state index in [0.29, 0.717) is 60.2 Å². The Kier molecular flexibility index (Phi) is 7.44. The molecule has 0 bridgehead atoms. The maximum absolute atomic E-state index is 12.9. The number of hydrogen-bond donors (Lipinski definition) is 2. The predicted molar refractivity (Wildman–Crippen MR) is 131 cm³/mol. The molecular weight excluding hydrogens is 452 g/mol. The molecule has 1 aliphatic heterocycles. The van der Waals surface area contributed by atoms with Crippen LogP contribution in [-0.4, -0.2) is 50.4 Å². The first kappa shape index (κ1) is 23.7. The van der Waals surface area contributed by atoms with Gasteiger partial charge in [0.1, 0.15) is 11.6 Å². The van der Waals surface area contributed by atoms with Crippen molar-refractivity contribution in [2.24, 2.45) is 5.92 Å². The molecule has 1 aromatic heterocycles. The van der Waals surface area contributed by atoms with Crippen LogP contribution in [0.25, 0.3) is 0 Å². The number of piperidine rings is 1. The van der Waals surface area contributed by atoms with Crippen molar-refractivity contribution < 1.29 is 17.9 Å². The van der Waals surface area contributed by atoms with Gasteiger partial charge in [0.15, 0.2) is 0 Å². The largest absolute Gasteiger partial charge is 0.495 e. The molecular formula is C25H28N4O4S. The lowest BCUT2D eigenvalue weighted by Crippen LogP contribution is -2.41. The van der Waals surface area contributed by atoms with E-state index >= 15 is 0 Å². The molecule has 34 heavy (non-hydrogen) atoms. The fourth-order valence-electron chi connectivity index (χ4n) is 3.99. The van der Waals surface area contributed by atoms with Crippen molar-refractivity contribution in [3.05, 3.63) is 78.5 Å². The summed E-state index contributed by atoms with van der Waals surface area (Å²) in [5.74, 6) is 1.06. The van der Waals surface area contributed by atoms with Gasteiger partial charge in [0.2, 0.25) is 10.0 Å². The topological polar surface area (TPSA) is 101 Å². The van der Waals surface area contributed by atoms with E-state index in [-0.39, 0.29) is 11.8 Å². The van der Waals surface area contributed by atoms with E-state index in [1.54, 1.807) is 55.8 Å². The van der Waals surface area contributed by atoms with Gasteiger partial charge in [0, 0.05) is 25.8 Å². The van der Waals surface area contributed by atoms with Crippen molar-refractivity contribution in [1.82, 2.24) is 14.6 Å². The number of pyridine rings is 1. The molecule has 0 spiro atoms. The summed E-state index contributed by atoms with van der Waals surface area (Å²) >= 11 is 0. The first-order valence-electron chi connectivity index (χ1n) is 11.2. The fraction of sp³-hybridized carbons (Fsp3) is 0.280. The van der Waals surface area contributed by atoms with Crippen LogP contribution in [0.2, 0.25) is 0 Å². The second kappa shape index (κ2) is 10.7. The quantitative estimate of drug-likeness (QED) is 0.510. The van der Waals surface area contributed by atoms with Crippen LogP contribution >= 0.6 is 0 Å². The molecule has 2 N–H and O–H groups in total. The minimum Gasteiger partial charge on any atom is -0.495 e. The standard InChI is InChI=1S/C25H28N4O4S/c1-33-23-12-6-5-11-22(23)28-24-21(10-7-15-26-24)25(30)27-18-19-13-16-29(17-14-19)34(31,32)20-8-3-2-4-9-20/h2-12,15,19H,13-14,16-18H2,1H3,(H,26,28)(H,27,30). The second-order valence-electron chi connectivity index (χ2n) is 8.10. The number of rotatable bonds is 8. The maximum Gasteiger partial charge on any atom is 0.255 e. The molecule has 1 saturated heterocycles. The van der Waals surface area contributed by atoms with E-state index in [4.69, 9.17) is 4.74 Å². The smallest absolute Gasteiger partial charge is 0.255 e. The van der Waals surface area contributed by atoms with E-state index in [2.05, 4.69) is 15.6 Å². The Hall–Kier alpha value is -3.43. The average Bonchev–Trinajstić information content (AvgIpc) is 2.88. The molecule has 178 valence electrons. The van der Waals surface area contributed by atoms with E-state index < -0.39 is 10.0 Å². The van der Waals surface area contributed by atoms with E-state index in [1.807, 2.05) is 24.3 Å². The summed E-state index contributed by atoms with van der Waals surface area (Å²) in [6.07, 6.45) is 2.99. The maximum atomic E-state index is 12.9. The number of nitrogens with one attached hydrogen (secondary N) is 2.